The number of benzene rings is 1. The van der Waals surface area contributed by atoms with E-state index in [1.165, 1.54) is 23.3 Å². The number of rotatable bonds is 14. The Hall–Kier alpha value is -0.590. The number of thioether (sulfide) groups is 1. The SMILES string of the molecule is CSc1ccc(CN2CCN(CCOCCCOCCCC(C)C)CC2)cc1. The first kappa shape index (κ1) is 23.7. The van der Waals surface area contributed by atoms with Gasteiger partial charge in [0.1, 0.15) is 0 Å². The molecule has 28 heavy (non-hydrogen) atoms. The van der Waals surface area contributed by atoms with Crippen molar-refractivity contribution in [2.75, 3.05) is 65.4 Å². The number of nitrogens with zero attached hydrogens (tertiary/aromatic N) is 2. The van der Waals surface area contributed by atoms with Gasteiger partial charge in [0, 0.05) is 64.0 Å². The zero-order valence-electron chi connectivity index (χ0n) is 18.2. The van der Waals surface area contributed by atoms with Gasteiger partial charge in [-0.05, 0) is 49.1 Å². The molecule has 0 aromatic heterocycles. The maximum absolute atomic E-state index is 5.79. The molecule has 160 valence electrons. The highest BCUT2D eigenvalue weighted by atomic mass is 32.2. The van der Waals surface area contributed by atoms with Crippen LogP contribution in [0.3, 0.4) is 0 Å². The fourth-order valence-corrected chi connectivity index (χ4v) is 3.82. The van der Waals surface area contributed by atoms with Gasteiger partial charge in [-0.25, -0.2) is 0 Å². The minimum Gasteiger partial charge on any atom is -0.381 e. The van der Waals surface area contributed by atoms with Crippen molar-refractivity contribution in [1.82, 2.24) is 9.80 Å². The summed E-state index contributed by atoms with van der Waals surface area (Å²) in [6.45, 7) is 14.6. The van der Waals surface area contributed by atoms with E-state index in [1.54, 1.807) is 11.8 Å². The molecule has 0 aliphatic carbocycles. The molecule has 1 aliphatic rings. The topological polar surface area (TPSA) is 24.9 Å². The van der Waals surface area contributed by atoms with Gasteiger partial charge in [-0.3, -0.25) is 9.80 Å². The third kappa shape index (κ3) is 10.3. The van der Waals surface area contributed by atoms with Crippen molar-refractivity contribution in [2.24, 2.45) is 5.92 Å². The highest BCUT2D eigenvalue weighted by Gasteiger charge is 2.16. The Morgan fingerprint density at radius 1 is 0.857 bits per heavy atom. The molecule has 0 atom stereocenters. The van der Waals surface area contributed by atoms with Crippen LogP contribution in [0, 0.1) is 5.92 Å². The quantitative estimate of drug-likeness (QED) is 0.336. The largest absolute Gasteiger partial charge is 0.381 e. The second-order valence-corrected chi connectivity index (χ2v) is 8.96. The number of piperazine rings is 1. The summed E-state index contributed by atoms with van der Waals surface area (Å²) in [6, 6.07) is 8.98. The van der Waals surface area contributed by atoms with Gasteiger partial charge in [-0.1, -0.05) is 26.0 Å². The maximum atomic E-state index is 5.79. The summed E-state index contributed by atoms with van der Waals surface area (Å²) >= 11 is 1.80. The van der Waals surface area contributed by atoms with Crippen LogP contribution in [-0.2, 0) is 16.0 Å². The molecule has 2 rings (SSSR count). The predicted octanol–water partition coefficient (Wildman–Crippen LogP) is 4.39. The van der Waals surface area contributed by atoms with Crippen molar-refractivity contribution in [1.29, 1.82) is 0 Å². The van der Waals surface area contributed by atoms with Crippen molar-refractivity contribution < 1.29 is 9.47 Å². The summed E-state index contributed by atoms with van der Waals surface area (Å²) in [5.41, 5.74) is 1.42. The number of hydrogen-bond acceptors (Lipinski definition) is 5. The van der Waals surface area contributed by atoms with Crippen LogP contribution in [0.25, 0.3) is 0 Å². The van der Waals surface area contributed by atoms with Gasteiger partial charge >= 0.3 is 0 Å². The maximum Gasteiger partial charge on any atom is 0.0593 e. The lowest BCUT2D eigenvalue weighted by Crippen LogP contribution is -2.46. The summed E-state index contributed by atoms with van der Waals surface area (Å²) in [6.07, 6.45) is 5.56. The molecule has 0 spiro atoms. The first-order valence-electron chi connectivity index (χ1n) is 10.9. The molecule has 1 fully saturated rings. The van der Waals surface area contributed by atoms with Crippen molar-refractivity contribution >= 4 is 11.8 Å². The number of ether oxygens (including phenoxy) is 2. The summed E-state index contributed by atoms with van der Waals surface area (Å²) in [4.78, 5) is 6.42. The summed E-state index contributed by atoms with van der Waals surface area (Å²) in [5.74, 6) is 0.778. The molecule has 0 bridgehead atoms. The van der Waals surface area contributed by atoms with Crippen LogP contribution in [0.1, 0.15) is 38.7 Å². The third-order valence-electron chi connectivity index (χ3n) is 5.23. The molecule has 0 unspecified atom stereocenters. The highest BCUT2D eigenvalue weighted by Crippen LogP contribution is 2.16. The smallest absolute Gasteiger partial charge is 0.0593 e. The van der Waals surface area contributed by atoms with Crippen LogP contribution >= 0.6 is 11.8 Å². The van der Waals surface area contributed by atoms with E-state index in [-0.39, 0.29) is 0 Å². The Kier molecular flexibility index (Phi) is 12.2. The summed E-state index contributed by atoms with van der Waals surface area (Å²) in [5, 5.41) is 0. The van der Waals surface area contributed by atoms with Crippen molar-refractivity contribution in [3.8, 4) is 0 Å². The molecular weight excluding hydrogens is 368 g/mol. The molecule has 1 aromatic rings. The van der Waals surface area contributed by atoms with Crippen molar-refractivity contribution in [2.45, 2.75) is 44.6 Å². The molecule has 1 aromatic carbocycles. The van der Waals surface area contributed by atoms with E-state index in [2.05, 4.69) is 54.2 Å². The van der Waals surface area contributed by atoms with Crippen molar-refractivity contribution in [3.63, 3.8) is 0 Å². The van der Waals surface area contributed by atoms with E-state index in [1.807, 2.05) is 0 Å². The van der Waals surface area contributed by atoms with Crippen LogP contribution in [0.2, 0.25) is 0 Å². The molecule has 1 saturated heterocycles. The van der Waals surface area contributed by atoms with E-state index < -0.39 is 0 Å². The van der Waals surface area contributed by atoms with Gasteiger partial charge in [0.25, 0.3) is 0 Å². The standard InChI is InChI=1S/C23H40N2O2S/c1-21(2)6-4-16-26-17-5-18-27-19-15-24-11-13-25(14-12-24)20-22-7-9-23(28-3)10-8-22/h7-10,21H,4-6,11-20H2,1-3H3. The van der Waals surface area contributed by atoms with E-state index in [0.717, 1.165) is 78.0 Å². The summed E-state index contributed by atoms with van der Waals surface area (Å²) in [7, 11) is 0. The summed E-state index contributed by atoms with van der Waals surface area (Å²) < 4.78 is 11.4. The second-order valence-electron chi connectivity index (χ2n) is 8.08. The van der Waals surface area contributed by atoms with Gasteiger partial charge in [-0.15, -0.1) is 11.8 Å². The molecule has 0 saturated carbocycles. The lowest BCUT2D eigenvalue weighted by Gasteiger charge is -2.34. The molecule has 0 radical (unpaired) electrons. The highest BCUT2D eigenvalue weighted by molar-refractivity contribution is 7.98. The van der Waals surface area contributed by atoms with Crippen LogP contribution < -0.4 is 0 Å². The van der Waals surface area contributed by atoms with Crippen molar-refractivity contribution in [3.05, 3.63) is 29.8 Å². The molecule has 1 heterocycles. The molecule has 5 heteroatoms. The fourth-order valence-electron chi connectivity index (χ4n) is 3.41. The van der Waals surface area contributed by atoms with E-state index in [9.17, 15) is 0 Å². The normalized spacial score (nSPS) is 16.1. The average Bonchev–Trinajstić information content (AvgIpc) is 2.71. The lowest BCUT2D eigenvalue weighted by molar-refractivity contribution is 0.0559. The Morgan fingerprint density at radius 2 is 1.46 bits per heavy atom. The zero-order valence-corrected chi connectivity index (χ0v) is 19.0. The van der Waals surface area contributed by atoms with E-state index in [4.69, 9.17) is 9.47 Å². The first-order chi connectivity index (χ1) is 13.7. The molecule has 4 nitrogen and oxygen atoms in total. The Labute approximate surface area is 176 Å². The second kappa shape index (κ2) is 14.4. The van der Waals surface area contributed by atoms with Gasteiger partial charge in [0.2, 0.25) is 0 Å². The van der Waals surface area contributed by atoms with Crippen LogP contribution in [0.4, 0.5) is 0 Å². The van der Waals surface area contributed by atoms with Crippen LogP contribution in [0.5, 0.6) is 0 Å². The van der Waals surface area contributed by atoms with Gasteiger partial charge in [0.05, 0.1) is 6.61 Å². The fraction of sp³-hybridized carbons (Fsp3) is 0.739. The lowest BCUT2D eigenvalue weighted by atomic mass is 10.1. The minimum atomic E-state index is 0.778. The Bertz CT molecular complexity index is 502. The van der Waals surface area contributed by atoms with Gasteiger partial charge in [-0.2, -0.15) is 0 Å². The first-order valence-corrected chi connectivity index (χ1v) is 12.1. The van der Waals surface area contributed by atoms with E-state index >= 15 is 0 Å². The van der Waals surface area contributed by atoms with E-state index in [0.29, 0.717) is 0 Å². The zero-order chi connectivity index (χ0) is 20.0. The van der Waals surface area contributed by atoms with Crippen LogP contribution in [0.15, 0.2) is 29.2 Å². The molecular formula is C23H40N2O2S. The predicted molar refractivity (Wildman–Crippen MR) is 120 cm³/mol. The van der Waals surface area contributed by atoms with Gasteiger partial charge < -0.3 is 9.47 Å². The monoisotopic (exact) mass is 408 g/mol. The Balaban J connectivity index is 1.43. The molecule has 1 aliphatic heterocycles. The average molecular weight is 409 g/mol. The Morgan fingerprint density at radius 3 is 2.11 bits per heavy atom. The minimum absolute atomic E-state index is 0.778. The third-order valence-corrected chi connectivity index (χ3v) is 5.97. The number of hydrogen-bond donors (Lipinski definition) is 0. The molecule has 0 N–H and O–H groups in total. The van der Waals surface area contributed by atoms with Crippen LogP contribution in [-0.4, -0.2) is 75.2 Å². The molecule has 0 amide bonds. The van der Waals surface area contributed by atoms with Gasteiger partial charge in [0.15, 0.2) is 0 Å².